The monoisotopic (exact) mass is 464 g/mol. The third-order valence-electron chi connectivity index (χ3n) is 6.56. The lowest BCUT2D eigenvalue weighted by molar-refractivity contribution is -0.138. The van der Waals surface area contributed by atoms with Crippen molar-refractivity contribution < 1.29 is 18.8 Å². The Morgan fingerprint density at radius 2 is 2.00 bits per heavy atom. The maximum absolute atomic E-state index is 13.8. The molecule has 0 saturated carbocycles. The Hall–Kier alpha value is -3.55. The highest BCUT2D eigenvalue weighted by Gasteiger charge is 2.47. The molecule has 8 nitrogen and oxygen atoms in total. The predicted octanol–water partition coefficient (Wildman–Crippen LogP) is 3.42. The van der Waals surface area contributed by atoms with Crippen molar-refractivity contribution in [3.8, 4) is 0 Å². The van der Waals surface area contributed by atoms with E-state index in [0.29, 0.717) is 23.6 Å². The van der Waals surface area contributed by atoms with Crippen LogP contribution in [0, 0.1) is 19.8 Å². The molecule has 0 spiro atoms. The minimum Gasteiger partial charge on any atom is -0.467 e. The summed E-state index contributed by atoms with van der Waals surface area (Å²) in [6.45, 7) is 10.6. The first-order chi connectivity index (χ1) is 16.2. The summed E-state index contributed by atoms with van der Waals surface area (Å²) in [4.78, 5) is 43.2. The van der Waals surface area contributed by atoms with Crippen molar-refractivity contribution in [1.82, 2.24) is 20.4 Å². The van der Waals surface area contributed by atoms with Gasteiger partial charge in [0.1, 0.15) is 11.8 Å². The highest BCUT2D eigenvalue weighted by Crippen LogP contribution is 2.38. The fourth-order valence-corrected chi connectivity index (χ4v) is 4.95. The molecule has 2 aromatic rings. The summed E-state index contributed by atoms with van der Waals surface area (Å²) in [5.41, 5.74) is 4.22. The van der Waals surface area contributed by atoms with E-state index in [0.717, 1.165) is 16.7 Å². The van der Waals surface area contributed by atoms with Gasteiger partial charge in [0.15, 0.2) is 0 Å². The quantitative estimate of drug-likeness (QED) is 0.656. The van der Waals surface area contributed by atoms with Gasteiger partial charge < -0.3 is 20.0 Å². The molecular weight excluding hydrogens is 432 g/mol. The van der Waals surface area contributed by atoms with E-state index in [2.05, 4.69) is 10.6 Å². The highest BCUT2D eigenvalue weighted by atomic mass is 16.3. The first-order valence-corrected chi connectivity index (χ1v) is 11.7. The van der Waals surface area contributed by atoms with Crippen LogP contribution in [0.3, 0.4) is 0 Å². The molecule has 0 unspecified atom stereocenters. The molecule has 0 saturated heterocycles. The van der Waals surface area contributed by atoms with Crippen LogP contribution in [-0.2, 0) is 16.1 Å². The maximum atomic E-state index is 13.8. The molecule has 8 heteroatoms. The summed E-state index contributed by atoms with van der Waals surface area (Å²) < 4.78 is 5.32. The van der Waals surface area contributed by atoms with Crippen LogP contribution in [0.1, 0.15) is 49.3 Å². The van der Waals surface area contributed by atoms with Crippen molar-refractivity contribution in [2.24, 2.45) is 5.92 Å². The number of hydrogen-bond donors (Lipinski definition) is 2. The van der Waals surface area contributed by atoms with Crippen molar-refractivity contribution in [2.45, 2.75) is 53.2 Å². The van der Waals surface area contributed by atoms with Crippen LogP contribution in [0.5, 0.6) is 0 Å². The number of benzene rings is 1. The van der Waals surface area contributed by atoms with Gasteiger partial charge in [0.2, 0.25) is 5.91 Å². The van der Waals surface area contributed by atoms with Gasteiger partial charge in [0.05, 0.1) is 36.7 Å². The Balaban J connectivity index is 1.66. The third-order valence-corrected chi connectivity index (χ3v) is 6.56. The van der Waals surface area contributed by atoms with Crippen LogP contribution in [0.2, 0.25) is 0 Å². The SMILES string of the molecule is CCN1C(=O)N[C@@H](c2ccc(C)cc2C)C2=C1CN([C@@H](C(=O)NCc1ccco1)C(C)C)C2=O. The number of nitrogens with one attached hydrogen (secondary N) is 2. The Kier molecular flexibility index (Phi) is 6.50. The van der Waals surface area contributed by atoms with Gasteiger partial charge in [-0.2, -0.15) is 0 Å². The summed E-state index contributed by atoms with van der Waals surface area (Å²) in [6, 6.07) is 8.08. The van der Waals surface area contributed by atoms with Crippen molar-refractivity contribution >= 4 is 17.8 Å². The lowest BCUT2D eigenvalue weighted by atomic mass is 9.91. The summed E-state index contributed by atoms with van der Waals surface area (Å²) in [5, 5.41) is 5.92. The van der Waals surface area contributed by atoms with E-state index in [4.69, 9.17) is 4.42 Å². The van der Waals surface area contributed by atoms with E-state index in [-0.39, 0.29) is 36.9 Å². The normalized spacial score (nSPS) is 18.9. The number of amides is 4. The van der Waals surface area contributed by atoms with E-state index in [1.807, 2.05) is 52.8 Å². The Bertz CT molecular complexity index is 1140. The Morgan fingerprint density at radius 1 is 1.24 bits per heavy atom. The summed E-state index contributed by atoms with van der Waals surface area (Å²) >= 11 is 0. The molecule has 0 fully saturated rings. The summed E-state index contributed by atoms with van der Waals surface area (Å²) in [6.07, 6.45) is 1.56. The molecule has 2 aliphatic rings. The summed E-state index contributed by atoms with van der Waals surface area (Å²) in [7, 11) is 0. The van der Waals surface area contributed by atoms with Crippen LogP contribution in [0.4, 0.5) is 4.79 Å². The molecule has 3 heterocycles. The lowest BCUT2D eigenvalue weighted by Gasteiger charge is -2.33. The van der Waals surface area contributed by atoms with E-state index in [1.165, 1.54) is 0 Å². The average Bonchev–Trinajstić information content (AvgIpc) is 3.41. The standard InChI is InChI=1S/C26H32N4O4/c1-6-29-20-14-30(23(15(2)3)24(31)27-13-18-8-7-11-34-18)25(32)21(20)22(28-26(29)33)19-10-9-16(4)12-17(19)5/h7-12,15,22-23H,6,13-14H2,1-5H3,(H,27,31)(H,28,33)/t22-,23+/m0/s1. The largest absolute Gasteiger partial charge is 0.467 e. The predicted molar refractivity (Wildman–Crippen MR) is 127 cm³/mol. The van der Waals surface area contributed by atoms with Crippen LogP contribution in [0.15, 0.2) is 52.3 Å². The molecule has 2 aliphatic heterocycles. The van der Waals surface area contributed by atoms with E-state index in [9.17, 15) is 14.4 Å². The number of likely N-dealkylation sites (N-methyl/N-ethyl adjacent to an activating group) is 1. The second-order valence-corrected chi connectivity index (χ2v) is 9.27. The second-order valence-electron chi connectivity index (χ2n) is 9.27. The van der Waals surface area contributed by atoms with Crippen molar-refractivity contribution in [2.75, 3.05) is 13.1 Å². The zero-order chi connectivity index (χ0) is 24.6. The van der Waals surface area contributed by atoms with Crippen LogP contribution in [0.25, 0.3) is 0 Å². The molecule has 4 amide bonds. The van der Waals surface area contributed by atoms with Gasteiger partial charge >= 0.3 is 6.03 Å². The Morgan fingerprint density at radius 3 is 2.62 bits per heavy atom. The molecule has 4 rings (SSSR count). The van der Waals surface area contributed by atoms with Gasteiger partial charge in [-0.15, -0.1) is 0 Å². The number of carbonyl (C=O) groups is 3. The average molecular weight is 465 g/mol. The Labute approximate surface area is 200 Å². The van der Waals surface area contributed by atoms with Gasteiger partial charge in [-0.05, 0) is 49.9 Å². The number of aryl methyl sites for hydroxylation is 2. The van der Waals surface area contributed by atoms with E-state index < -0.39 is 12.1 Å². The van der Waals surface area contributed by atoms with Crippen molar-refractivity contribution in [3.05, 3.63) is 70.3 Å². The smallest absolute Gasteiger partial charge is 0.322 e. The molecule has 2 atom stereocenters. The van der Waals surface area contributed by atoms with Gasteiger partial charge in [-0.25, -0.2) is 4.79 Å². The third kappa shape index (κ3) is 4.20. The van der Waals surface area contributed by atoms with E-state index >= 15 is 0 Å². The first-order valence-electron chi connectivity index (χ1n) is 11.7. The number of urea groups is 1. The number of hydrogen-bond acceptors (Lipinski definition) is 4. The van der Waals surface area contributed by atoms with Gasteiger partial charge in [-0.1, -0.05) is 37.6 Å². The molecule has 1 aromatic heterocycles. The number of furan rings is 1. The fraction of sp³-hybridized carbons (Fsp3) is 0.423. The second kappa shape index (κ2) is 9.37. The van der Waals surface area contributed by atoms with Crippen LogP contribution >= 0.6 is 0 Å². The minimum atomic E-state index is -0.679. The summed E-state index contributed by atoms with van der Waals surface area (Å²) in [5.74, 6) is 0.0540. The number of nitrogens with zero attached hydrogens (tertiary/aromatic N) is 2. The molecule has 0 bridgehead atoms. The van der Waals surface area contributed by atoms with Crippen LogP contribution in [-0.4, -0.2) is 46.8 Å². The number of carbonyl (C=O) groups excluding carboxylic acids is 3. The van der Waals surface area contributed by atoms with Gasteiger partial charge in [-0.3, -0.25) is 14.5 Å². The lowest BCUT2D eigenvalue weighted by Crippen LogP contribution is -2.51. The molecule has 0 radical (unpaired) electrons. The fourth-order valence-electron chi connectivity index (χ4n) is 4.95. The van der Waals surface area contributed by atoms with Crippen LogP contribution < -0.4 is 10.6 Å². The topological polar surface area (TPSA) is 94.9 Å². The number of rotatable bonds is 7. The molecule has 34 heavy (non-hydrogen) atoms. The minimum absolute atomic E-state index is 0.125. The first kappa shape index (κ1) is 23.6. The van der Waals surface area contributed by atoms with Gasteiger partial charge in [0, 0.05) is 6.54 Å². The highest BCUT2D eigenvalue weighted by molar-refractivity contribution is 6.03. The van der Waals surface area contributed by atoms with Gasteiger partial charge in [0.25, 0.3) is 5.91 Å². The molecule has 1 aromatic carbocycles. The maximum Gasteiger partial charge on any atom is 0.322 e. The molecule has 2 N–H and O–H groups in total. The zero-order valence-corrected chi connectivity index (χ0v) is 20.3. The molecule has 0 aliphatic carbocycles. The molecule has 180 valence electrons. The van der Waals surface area contributed by atoms with E-state index in [1.54, 1.807) is 28.2 Å². The van der Waals surface area contributed by atoms with Crippen molar-refractivity contribution in [3.63, 3.8) is 0 Å². The zero-order valence-electron chi connectivity index (χ0n) is 20.3. The molecular formula is C26H32N4O4. The van der Waals surface area contributed by atoms with Crippen molar-refractivity contribution in [1.29, 1.82) is 0 Å².